The molecule has 1 fully saturated rings. The van der Waals surface area contributed by atoms with Gasteiger partial charge in [-0.1, -0.05) is 0 Å². The van der Waals surface area contributed by atoms with E-state index in [4.69, 9.17) is 0 Å². The molecule has 1 rings (SSSR count). The zero-order chi connectivity index (χ0) is 9.14. The maximum Gasteiger partial charge on any atom is 0.255 e. The molecular formula is C8H16F2N2. The first kappa shape index (κ1) is 9.86. The van der Waals surface area contributed by atoms with Crippen molar-refractivity contribution in [2.24, 2.45) is 0 Å². The van der Waals surface area contributed by atoms with Gasteiger partial charge in [-0.25, -0.2) is 8.78 Å². The summed E-state index contributed by atoms with van der Waals surface area (Å²) in [5.74, 6) is 0. The van der Waals surface area contributed by atoms with Crippen LogP contribution in [0.1, 0.15) is 13.8 Å². The van der Waals surface area contributed by atoms with Gasteiger partial charge in [0.1, 0.15) is 0 Å². The molecule has 1 N–H and O–H groups in total. The summed E-state index contributed by atoms with van der Waals surface area (Å²) < 4.78 is 24.9. The van der Waals surface area contributed by atoms with E-state index in [1.54, 1.807) is 0 Å². The molecule has 0 bridgehead atoms. The maximum atomic E-state index is 12.4. The number of hydrogen-bond acceptors (Lipinski definition) is 2. The summed E-state index contributed by atoms with van der Waals surface area (Å²) in [4.78, 5) is 1.86. The van der Waals surface area contributed by atoms with E-state index < -0.39 is 12.5 Å². The van der Waals surface area contributed by atoms with Crippen molar-refractivity contribution in [3.63, 3.8) is 0 Å². The molecule has 4 heteroatoms. The van der Waals surface area contributed by atoms with E-state index >= 15 is 0 Å². The van der Waals surface area contributed by atoms with Crippen molar-refractivity contribution in [3.05, 3.63) is 0 Å². The highest BCUT2D eigenvalue weighted by Crippen LogP contribution is 2.14. The molecule has 0 unspecified atom stereocenters. The van der Waals surface area contributed by atoms with Gasteiger partial charge >= 0.3 is 0 Å². The maximum absolute atomic E-state index is 12.4. The molecule has 0 aromatic heterocycles. The summed E-state index contributed by atoms with van der Waals surface area (Å²) in [5.41, 5.74) is 0. The molecule has 0 aromatic carbocycles. The summed E-state index contributed by atoms with van der Waals surface area (Å²) in [5, 5.41) is 2.98. The number of piperazine rings is 1. The van der Waals surface area contributed by atoms with Crippen molar-refractivity contribution in [2.45, 2.75) is 32.4 Å². The fourth-order valence-corrected chi connectivity index (χ4v) is 1.62. The standard InChI is InChI=1S/C8H16F2N2/c1-6(2)12-4-3-11-5-7(12)8(9)10/h6-8,11H,3-5H2,1-2H3/t7-/m1/s1. The van der Waals surface area contributed by atoms with Crippen molar-refractivity contribution in [2.75, 3.05) is 19.6 Å². The van der Waals surface area contributed by atoms with Gasteiger partial charge in [-0.15, -0.1) is 0 Å². The number of hydrogen-bond donors (Lipinski definition) is 1. The molecule has 1 heterocycles. The second kappa shape index (κ2) is 4.14. The van der Waals surface area contributed by atoms with Gasteiger partial charge in [-0.3, -0.25) is 4.90 Å². The van der Waals surface area contributed by atoms with Crippen LogP contribution in [-0.2, 0) is 0 Å². The van der Waals surface area contributed by atoms with E-state index in [9.17, 15) is 8.78 Å². The second-order valence-corrected chi connectivity index (χ2v) is 3.44. The molecule has 0 amide bonds. The van der Waals surface area contributed by atoms with Crippen LogP contribution >= 0.6 is 0 Å². The minimum Gasteiger partial charge on any atom is -0.314 e. The molecule has 0 saturated carbocycles. The van der Waals surface area contributed by atoms with Gasteiger partial charge in [0, 0.05) is 25.7 Å². The molecule has 0 radical (unpaired) electrons. The molecule has 0 spiro atoms. The fourth-order valence-electron chi connectivity index (χ4n) is 1.62. The average molecular weight is 178 g/mol. The highest BCUT2D eigenvalue weighted by atomic mass is 19.3. The van der Waals surface area contributed by atoms with E-state index in [-0.39, 0.29) is 6.04 Å². The van der Waals surface area contributed by atoms with E-state index in [1.165, 1.54) is 0 Å². The Kier molecular flexibility index (Phi) is 3.40. The van der Waals surface area contributed by atoms with Gasteiger partial charge < -0.3 is 5.32 Å². The normalized spacial score (nSPS) is 27.0. The molecule has 12 heavy (non-hydrogen) atoms. The molecule has 1 aliphatic rings. The molecule has 1 atom stereocenters. The number of halogens is 2. The Labute approximate surface area is 71.9 Å². The fraction of sp³-hybridized carbons (Fsp3) is 1.00. The molecule has 2 nitrogen and oxygen atoms in total. The third-order valence-corrected chi connectivity index (χ3v) is 2.28. The Morgan fingerprint density at radius 1 is 1.42 bits per heavy atom. The van der Waals surface area contributed by atoms with Gasteiger partial charge in [0.15, 0.2) is 0 Å². The van der Waals surface area contributed by atoms with Crippen LogP contribution in [0.15, 0.2) is 0 Å². The minimum absolute atomic E-state index is 0.214. The first-order chi connectivity index (χ1) is 5.63. The zero-order valence-electron chi connectivity index (χ0n) is 7.56. The monoisotopic (exact) mass is 178 g/mol. The quantitative estimate of drug-likeness (QED) is 0.676. The lowest BCUT2D eigenvalue weighted by Crippen LogP contribution is -2.56. The predicted octanol–water partition coefficient (Wildman–Crippen LogP) is 0.934. The molecule has 0 aromatic rings. The number of alkyl halides is 2. The number of rotatable bonds is 2. The summed E-state index contributed by atoms with van der Waals surface area (Å²) >= 11 is 0. The summed E-state index contributed by atoms with van der Waals surface area (Å²) in [6.45, 7) is 5.88. The SMILES string of the molecule is CC(C)N1CCNC[C@@H]1C(F)F. The van der Waals surface area contributed by atoms with Crippen LogP contribution in [0.4, 0.5) is 8.78 Å². The van der Waals surface area contributed by atoms with Crippen LogP contribution in [0.25, 0.3) is 0 Å². The van der Waals surface area contributed by atoms with Gasteiger partial charge in [0.25, 0.3) is 6.43 Å². The van der Waals surface area contributed by atoms with Crippen molar-refractivity contribution in [3.8, 4) is 0 Å². The highest BCUT2D eigenvalue weighted by molar-refractivity contribution is 4.83. The lowest BCUT2D eigenvalue weighted by atomic mass is 10.1. The molecule has 0 aliphatic carbocycles. The van der Waals surface area contributed by atoms with E-state index in [0.717, 1.165) is 13.1 Å². The van der Waals surface area contributed by atoms with Crippen molar-refractivity contribution >= 4 is 0 Å². The first-order valence-corrected chi connectivity index (χ1v) is 4.37. The largest absolute Gasteiger partial charge is 0.314 e. The van der Waals surface area contributed by atoms with Crippen LogP contribution in [-0.4, -0.2) is 43.0 Å². The summed E-state index contributed by atoms with van der Waals surface area (Å²) in [6, 6.07) is -0.384. The lowest BCUT2D eigenvalue weighted by Gasteiger charge is -2.38. The van der Waals surface area contributed by atoms with E-state index in [2.05, 4.69) is 5.32 Å². The Morgan fingerprint density at radius 2 is 2.08 bits per heavy atom. The van der Waals surface area contributed by atoms with Crippen molar-refractivity contribution in [1.82, 2.24) is 10.2 Å². The van der Waals surface area contributed by atoms with Gasteiger partial charge in [-0.2, -0.15) is 0 Å². The van der Waals surface area contributed by atoms with Gasteiger partial charge in [-0.05, 0) is 13.8 Å². The van der Waals surface area contributed by atoms with Crippen LogP contribution < -0.4 is 5.32 Å². The van der Waals surface area contributed by atoms with Gasteiger partial charge in [0.05, 0.1) is 6.04 Å². The first-order valence-electron chi connectivity index (χ1n) is 4.37. The molecular weight excluding hydrogens is 162 g/mol. The Morgan fingerprint density at radius 3 is 2.50 bits per heavy atom. The predicted molar refractivity (Wildman–Crippen MR) is 44.5 cm³/mol. The van der Waals surface area contributed by atoms with E-state index in [1.807, 2.05) is 18.7 Å². The molecule has 1 saturated heterocycles. The van der Waals surface area contributed by atoms with Crippen molar-refractivity contribution in [1.29, 1.82) is 0 Å². The van der Waals surface area contributed by atoms with Crippen LogP contribution in [0.2, 0.25) is 0 Å². The Balaban J connectivity index is 2.54. The Bertz CT molecular complexity index is 123. The highest BCUT2D eigenvalue weighted by Gasteiger charge is 2.30. The Hall–Kier alpha value is -0.220. The van der Waals surface area contributed by atoms with Crippen LogP contribution in [0.3, 0.4) is 0 Å². The molecule has 1 aliphatic heterocycles. The molecule has 72 valence electrons. The van der Waals surface area contributed by atoms with Crippen LogP contribution in [0.5, 0.6) is 0 Å². The third kappa shape index (κ3) is 2.14. The topological polar surface area (TPSA) is 15.3 Å². The zero-order valence-corrected chi connectivity index (χ0v) is 7.56. The number of nitrogens with zero attached hydrogens (tertiary/aromatic N) is 1. The smallest absolute Gasteiger partial charge is 0.255 e. The average Bonchev–Trinajstić information content (AvgIpc) is 2.04. The third-order valence-electron chi connectivity index (χ3n) is 2.28. The van der Waals surface area contributed by atoms with Crippen molar-refractivity contribution < 1.29 is 8.78 Å². The second-order valence-electron chi connectivity index (χ2n) is 3.44. The van der Waals surface area contributed by atoms with E-state index in [0.29, 0.717) is 6.54 Å². The lowest BCUT2D eigenvalue weighted by molar-refractivity contribution is -0.00277. The van der Waals surface area contributed by atoms with Crippen LogP contribution in [0, 0.1) is 0 Å². The number of nitrogens with one attached hydrogen (secondary N) is 1. The minimum atomic E-state index is -2.24. The van der Waals surface area contributed by atoms with Gasteiger partial charge in [0.2, 0.25) is 0 Å². The summed E-state index contributed by atoms with van der Waals surface area (Å²) in [6.07, 6.45) is -2.24. The summed E-state index contributed by atoms with van der Waals surface area (Å²) in [7, 11) is 0.